The molecule has 2 aliphatic carbocycles. The Labute approximate surface area is 130 Å². The Balaban J connectivity index is 1.78. The molecule has 2 fully saturated rings. The summed E-state index contributed by atoms with van der Waals surface area (Å²) in [4.78, 5) is 24.7. The highest BCUT2D eigenvalue weighted by molar-refractivity contribution is 6.04. The summed E-state index contributed by atoms with van der Waals surface area (Å²) >= 11 is 0. The topological polar surface area (TPSA) is 67.4 Å². The molecule has 1 aromatic rings. The van der Waals surface area contributed by atoms with Crippen molar-refractivity contribution in [2.75, 3.05) is 12.4 Å². The fourth-order valence-corrected chi connectivity index (χ4v) is 2.86. The number of hydrogen-bond acceptors (Lipinski definition) is 3. The average molecular weight is 302 g/mol. The molecule has 2 amide bonds. The van der Waals surface area contributed by atoms with Crippen LogP contribution in [-0.4, -0.2) is 25.0 Å². The van der Waals surface area contributed by atoms with Crippen LogP contribution in [0.25, 0.3) is 0 Å². The number of methoxy groups -OCH3 is 1. The maximum atomic E-state index is 12.4. The summed E-state index contributed by atoms with van der Waals surface area (Å²) in [5.41, 5.74) is 1.04. The van der Waals surface area contributed by atoms with Crippen molar-refractivity contribution in [2.45, 2.75) is 44.6 Å². The fourth-order valence-electron chi connectivity index (χ4n) is 2.86. The predicted molar refractivity (Wildman–Crippen MR) is 84.1 cm³/mol. The van der Waals surface area contributed by atoms with Crippen LogP contribution in [0.4, 0.5) is 5.69 Å². The second kappa shape index (κ2) is 6.38. The molecule has 22 heavy (non-hydrogen) atoms. The number of nitrogens with one attached hydrogen (secondary N) is 2. The summed E-state index contributed by atoms with van der Waals surface area (Å²) in [6.07, 6.45) is 6.14. The monoisotopic (exact) mass is 302 g/mol. The molecule has 0 spiro atoms. The first-order valence-corrected chi connectivity index (χ1v) is 7.97. The van der Waals surface area contributed by atoms with Gasteiger partial charge in [0.05, 0.1) is 18.4 Å². The predicted octanol–water partition coefficient (Wildman–Crippen LogP) is 2.72. The molecule has 5 heteroatoms. The highest BCUT2D eigenvalue weighted by Gasteiger charge is 2.27. The van der Waals surface area contributed by atoms with Gasteiger partial charge < -0.3 is 15.4 Å². The number of hydrogen-bond donors (Lipinski definition) is 2. The number of benzene rings is 1. The van der Waals surface area contributed by atoms with Crippen molar-refractivity contribution in [2.24, 2.45) is 5.92 Å². The van der Waals surface area contributed by atoms with Crippen LogP contribution in [0.15, 0.2) is 18.2 Å². The van der Waals surface area contributed by atoms with Crippen LogP contribution in [0.2, 0.25) is 0 Å². The quantitative estimate of drug-likeness (QED) is 0.879. The van der Waals surface area contributed by atoms with Gasteiger partial charge in [0.15, 0.2) is 0 Å². The third-order valence-corrected chi connectivity index (χ3v) is 4.37. The zero-order valence-electron chi connectivity index (χ0n) is 12.9. The van der Waals surface area contributed by atoms with Crippen LogP contribution < -0.4 is 15.4 Å². The second-order valence-electron chi connectivity index (χ2n) is 6.13. The molecule has 1 aromatic carbocycles. The molecule has 2 saturated carbocycles. The maximum Gasteiger partial charge on any atom is 0.253 e. The molecule has 0 aromatic heterocycles. The lowest BCUT2D eigenvalue weighted by atomic mass is 10.1. The zero-order valence-corrected chi connectivity index (χ0v) is 12.9. The number of amides is 2. The van der Waals surface area contributed by atoms with Gasteiger partial charge in [-0.25, -0.2) is 0 Å². The van der Waals surface area contributed by atoms with Crippen molar-refractivity contribution in [3.63, 3.8) is 0 Å². The second-order valence-corrected chi connectivity index (χ2v) is 6.13. The SMILES string of the molecule is COc1ccc(NC(=O)C2CCCC2)c(C(=O)NC2CC2)c1. The summed E-state index contributed by atoms with van der Waals surface area (Å²) in [5.74, 6) is 0.549. The molecule has 118 valence electrons. The van der Waals surface area contributed by atoms with Gasteiger partial charge in [0.2, 0.25) is 5.91 Å². The number of anilines is 1. The van der Waals surface area contributed by atoms with E-state index in [0.29, 0.717) is 17.0 Å². The lowest BCUT2D eigenvalue weighted by Crippen LogP contribution is -2.28. The Bertz CT molecular complexity index is 575. The molecule has 2 aliphatic rings. The van der Waals surface area contributed by atoms with E-state index in [1.807, 2.05) is 0 Å². The van der Waals surface area contributed by atoms with Crippen LogP contribution in [0, 0.1) is 5.92 Å². The minimum atomic E-state index is -0.150. The van der Waals surface area contributed by atoms with E-state index >= 15 is 0 Å². The summed E-state index contributed by atoms with van der Waals surface area (Å²) in [7, 11) is 1.56. The first-order chi connectivity index (χ1) is 10.7. The molecular formula is C17H22N2O3. The first kappa shape index (κ1) is 14.9. The molecule has 0 unspecified atom stereocenters. The molecule has 0 heterocycles. The third kappa shape index (κ3) is 3.40. The number of carbonyl (C=O) groups is 2. The molecule has 5 nitrogen and oxygen atoms in total. The van der Waals surface area contributed by atoms with Crippen molar-refractivity contribution >= 4 is 17.5 Å². The number of carbonyl (C=O) groups excluding carboxylic acids is 2. The Hall–Kier alpha value is -2.04. The van der Waals surface area contributed by atoms with E-state index in [1.165, 1.54) is 0 Å². The van der Waals surface area contributed by atoms with Gasteiger partial charge in [0.25, 0.3) is 5.91 Å². The lowest BCUT2D eigenvalue weighted by molar-refractivity contribution is -0.119. The normalized spacial score (nSPS) is 18.0. The summed E-state index contributed by atoms with van der Waals surface area (Å²) in [6, 6.07) is 5.46. The van der Waals surface area contributed by atoms with Gasteiger partial charge in [-0.3, -0.25) is 9.59 Å². The number of rotatable bonds is 5. The molecule has 0 atom stereocenters. The highest BCUT2D eigenvalue weighted by atomic mass is 16.5. The molecular weight excluding hydrogens is 280 g/mol. The van der Waals surface area contributed by atoms with Crippen LogP contribution in [0.5, 0.6) is 5.75 Å². The zero-order chi connectivity index (χ0) is 15.5. The minimum Gasteiger partial charge on any atom is -0.497 e. The van der Waals surface area contributed by atoms with E-state index in [1.54, 1.807) is 25.3 Å². The van der Waals surface area contributed by atoms with Gasteiger partial charge in [0.1, 0.15) is 5.75 Å². The first-order valence-electron chi connectivity index (χ1n) is 7.97. The van der Waals surface area contributed by atoms with Crippen LogP contribution in [-0.2, 0) is 4.79 Å². The highest BCUT2D eigenvalue weighted by Crippen LogP contribution is 2.28. The number of ether oxygens (including phenoxy) is 1. The molecule has 0 radical (unpaired) electrons. The van der Waals surface area contributed by atoms with Crippen molar-refractivity contribution in [1.82, 2.24) is 5.32 Å². The van der Waals surface area contributed by atoms with E-state index in [-0.39, 0.29) is 23.8 Å². The summed E-state index contributed by atoms with van der Waals surface area (Å²) in [5, 5.41) is 5.88. The van der Waals surface area contributed by atoms with Crippen molar-refractivity contribution < 1.29 is 14.3 Å². The Kier molecular flexibility index (Phi) is 4.32. The van der Waals surface area contributed by atoms with Crippen molar-refractivity contribution in [3.05, 3.63) is 23.8 Å². The Morgan fingerprint density at radius 1 is 1.14 bits per heavy atom. The van der Waals surface area contributed by atoms with Crippen LogP contribution >= 0.6 is 0 Å². The lowest BCUT2D eigenvalue weighted by Gasteiger charge is -2.15. The maximum absolute atomic E-state index is 12.4. The minimum absolute atomic E-state index is 0.0168. The summed E-state index contributed by atoms with van der Waals surface area (Å²) in [6.45, 7) is 0. The van der Waals surface area contributed by atoms with E-state index in [2.05, 4.69) is 10.6 Å². The van der Waals surface area contributed by atoms with E-state index in [0.717, 1.165) is 38.5 Å². The van der Waals surface area contributed by atoms with Crippen molar-refractivity contribution in [1.29, 1.82) is 0 Å². The Morgan fingerprint density at radius 2 is 1.86 bits per heavy atom. The van der Waals surface area contributed by atoms with Gasteiger partial charge in [-0.2, -0.15) is 0 Å². The van der Waals surface area contributed by atoms with Gasteiger partial charge in [-0.15, -0.1) is 0 Å². The molecule has 3 rings (SSSR count). The van der Waals surface area contributed by atoms with Gasteiger partial charge in [-0.1, -0.05) is 12.8 Å². The molecule has 2 N–H and O–H groups in total. The van der Waals surface area contributed by atoms with Crippen molar-refractivity contribution in [3.8, 4) is 5.75 Å². The Morgan fingerprint density at radius 3 is 2.50 bits per heavy atom. The largest absolute Gasteiger partial charge is 0.497 e. The smallest absolute Gasteiger partial charge is 0.253 e. The standard InChI is InChI=1S/C17H22N2O3/c1-22-13-8-9-15(19-16(20)11-4-2-3-5-11)14(10-13)17(21)18-12-6-7-12/h8-12H,2-7H2,1H3,(H,18,21)(H,19,20). The van der Waals surface area contributed by atoms with E-state index in [9.17, 15) is 9.59 Å². The molecule has 0 aliphatic heterocycles. The van der Waals surface area contributed by atoms with Gasteiger partial charge >= 0.3 is 0 Å². The van der Waals surface area contributed by atoms with Gasteiger partial charge in [0, 0.05) is 12.0 Å². The fraction of sp³-hybridized carbons (Fsp3) is 0.529. The van der Waals surface area contributed by atoms with Gasteiger partial charge in [-0.05, 0) is 43.9 Å². The molecule has 0 bridgehead atoms. The summed E-state index contributed by atoms with van der Waals surface area (Å²) < 4.78 is 5.19. The third-order valence-electron chi connectivity index (χ3n) is 4.37. The van der Waals surface area contributed by atoms with E-state index in [4.69, 9.17) is 4.74 Å². The van der Waals surface area contributed by atoms with Crippen LogP contribution in [0.1, 0.15) is 48.9 Å². The average Bonchev–Trinajstić information content (AvgIpc) is 3.16. The van der Waals surface area contributed by atoms with Crippen LogP contribution in [0.3, 0.4) is 0 Å². The molecule has 0 saturated heterocycles. The van der Waals surface area contributed by atoms with E-state index < -0.39 is 0 Å².